The van der Waals surface area contributed by atoms with Gasteiger partial charge in [0.1, 0.15) is 16.0 Å². The second-order valence-electron chi connectivity index (χ2n) is 5.65. The lowest BCUT2D eigenvalue weighted by Crippen LogP contribution is -2.34. The monoisotopic (exact) mass is 296 g/mol. The summed E-state index contributed by atoms with van der Waals surface area (Å²) in [4.78, 5) is 18.8. The van der Waals surface area contributed by atoms with E-state index in [-0.39, 0.29) is 12.0 Å². The van der Waals surface area contributed by atoms with Crippen molar-refractivity contribution in [3.05, 3.63) is 16.1 Å². The van der Waals surface area contributed by atoms with Crippen molar-refractivity contribution < 1.29 is 14.6 Å². The normalized spacial score (nSPS) is 23.8. The zero-order chi connectivity index (χ0) is 14.1. The van der Waals surface area contributed by atoms with E-state index in [4.69, 9.17) is 4.74 Å². The summed E-state index contributed by atoms with van der Waals surface area (Å²) in [7, 11) is 1.74. The molecule has 2 fully saturated rings. The minimum Gasteiger partial charge on any atom is -0.391 e. The molecule has 6 heteroatoms. The summed E-state index contributed by atoms with van der Waals surface area (Å²) in [6.45, 7) is 1.18. The van der Waals surface area contributed by atoms with Gasteiger partial charge in [0.15, 0.2) is 0 Å². The highest BCUT2D eigenvalue weighted by atomic mass is 32.1. The number of hydrogen-bond donors (Lipinski definition) is 1. The molecule has 5 nitrogen and oxygen atoms in total. The van der Waals surface area contributed by atoms with Crippen LogP contribution in [0, 0.1) is 5.92 Å². The fourth-order valence-corrected chi connectivity index (χ4v) is 3.49. The third-order valence-corrected chi connectivity index (χ3v) is 4.99. The van der Waals surface area contributed by atoms with Crippen LogP contribution in [0.1, 0.15) is 46.5 Å². The van der Waals surface area contributed by atoms with Crippen molar-refractivity contribution in [1.29, 1.82) is 0 Å². The van der Waals surface area contributed by atoms with Crippen molar-refractivity contribution in [1.82, 2.24) is 9.88 Å². The van der Waals surface area contributed by atoms with Gasteiger partial charge in [0.05, 0.1) is 12.3 Å². The van der Waals surface area contributed by atoms with Gasteiger partial charge in [-0.05, 0) is 31.6 Å². The largest absolute Gasteiger partial charge is 0.391 e. The molecule has 1 aliphatic heterocycles. The van der Waals surface area contributed by atoms with Gasteiger partial charge in [-0.25, -0.2) is 4.98 Å². The Morgan fingerprint density at radius 2 is 2.40 bits per heavy atom. The lowest BCUT2D eigenvalue weighted by atomic mass is 10.2. The highest BCUT2D eigenvalue weighted by Crippen LogP contribution is 2.33. The number of aliphatic hydroxyl groups excluding tert-OH is 1. The minimum atomic E-state index is -0.394. The van der Waals surface area contributed by atoms with E-state index in [1.54, 1.807) is 18.1 Å². The summed E-state index contributed by atoms with van der Waals surface area (Å²) in [6.07, 6.45) is 5.49. The average molecular weight is 296 g/mol. The fraction of sp³-hybridized carbons (Fsp3) is 0.714. The molecule has 3 rings (SSSR count). The maximum atomic E-state index is 12.3. The first-order valence-corrected chi connectivity index (χ1v) is 7.97. The number of amides is 1. The van der Waals surface area contributed by atoms with E-state index in [9.17, 15) is 9.90 Å². The molecule has 1 aromatic rings. The van der Waals surface area contributed by atoms with E-state index in [2.05, 4.69) is 4.98 Å². The van der Waals surface area contributed by atoms with Gasteiger partial charge in [-0.15, -0.1) is 11.3 Å². The van der Waals surface area contributed by atoms with Crippen molar-refractivity contribution in [2.75, 3.05) is 20.2 Å². The van der Waals surface area contributed by atoms with Gasteiger partial charge in [0.25, 0.3) is 5.91 Å². The molecule has 0 aromatic carbocycles. The van der Waals surface area contributed by atoms with Crippen LogP contribution < -0.4 is 0 Å². The van der Waals surface area contributed by atoms with Gasteiger partial charge in [-0.2, -0.15) is 0 Å². The van der Waals surface area contributed by atoms with Gasteiger partial charge in [-0.1, -0.05) is 0 Å². The summed E-state index contributed by atoms with van der Waals surface area (Å²) in [5, 5.41) is 10.8. The number of aromatic nitrogens is 1. The Balaban J connectivity index is 1.60. The van der Waals surface area contributed by atoms with E-state index in [0.29, 0.717) is 17.3 Å². The van der Waals surface area contributed by atoms with Crippen molar-refractivity contribution in [3.8, 4) is 0 Å². The molecule has 1 N–H and O–H groups in total. The molecule has 0 bridgehead atoms. The van der Waals surface area contributed by atoms with Crippen molar-refractivity contribution in [2.45, 2.75) is 37.9 Å². The molecular formula is C14H20N2O3S. The third-order valence-electron chi connectivity index (χ3n) is 3.91. The highest BCUT2D eigenvalue weighted by molar-refractivity contribution is 7.13. The van der Waals surface area contributed by atoms with Crippen LogP contribution in [-0.2, 0) is 4.74 Å². The second-order valence-corrected chi connectivity index (χ2v) is 6.72. The number of likely N-dealkylation sites (N-methyl/N-ethyl adjacent to an activating group) is 1. The molecule has 110 valence electrons. The van der Waals surface area contributed by atoms with Crippen LogP contribution >= 0.6 is 11.3 Å². The number of nitrogens with zero attached hydrogens (tertiary/aromatic N) is 2. The maximum absolute atomic E-state index is 12.3. The van der Waals surface area contributed by atoms with Crippen molar-refractivity contribution in [3.63, 3.8) is 0 Å². The quantitative estimate of drug-likeness (QED) is 0.900. The molecule has 20 heavy (non-hydrogen) atoms. The molecule has 2 aliphatic rings. The number of rotatable bonds is 5. The predicted molar refractivity (Wildman–Crippen MR) is 75.7 cm³/mol. The molecule has 1 saturated carbocycles. The molecule has 2 heterocycles. The first-order valence-electron chi connectivity index (χ1n) is 7.16. The summed E-state index contributed by atoms with van der Waals surface area (Å²) >= 11 is 1.41. The van der Waals surface area contributed by atoms with Crippen LogP contribution in [0.4, 0.5) is 0 Å². The SMILES string of the molecule is CN(CC(O)C1CC1)C(=O)c1cnc(C2CCCO2)s1. The molecule has 2 atom stereocenters. The first-order chi connectivity index (χ1) is 9.65. The molecule has 1 amide bonds. The summed E-state index contributed by atoms with van der Waals surface area (Å²) in [5.74, 6) is 0.320. The molecule has 1 aromatic heterocycles. The number of hydrogen-bond acceptors (Lipinski definition) is 5. The standard InChI is InChI=1S/C14H20N2O3S/c1-16(8-10(17)9-4-5-9)14(18)12-7-15-13(20-12)11-3-2-6-19-11/h7,9-11,17H,2-6,8H2,1H3. The molecule has 0 radical (unpaired) electrons. The van der Waals surface area contributed by atoms with Crippen LogP contribution in [0.5, 0.6) is 0 Å². The van der Waals surface area contributed by atoms with Gasteiger partial charge >= 0.3 is 0 Å². The highest BCUT2D eigenvalue weighted by Gasteiger charge is 2.31. The van der Waals surface area contributed by atoms with Crippen LogP contribution in [0.15, 0.2) is 6.20 Å². The fourth-order valence-electron chi connectivity index (χ4n) is 2.49. The number of carbonyl (C=O) groups excluding carboxylic acids is 1. The van der Waals surface area contributed by atoms with E-state index in [1.165, 1.54) is 11.3 Å². The number of aliphatic hydroxyl groups is 1. The third kappa shape index (κ3) is 3.02. The Morgan fingerprint density at radius 3 is 3.05 bits per heavy atom. The van der Waals surface area contributed by atoms with Gasteiger partial charge in [0, 0.05) is 20.2 Å². The van der Waals surface area contributed by atoms with Crippen molar-refractivity contribution >= 4 is 17.2 Å². The molecular weight excluding hydrogens is 276 g/mol. The molecule has 1 aliphatic carbocycles. The zero-order valence-corrected chi connectivity index (χ0v) is 12.4. The van der Waals surface area contributed by atoms with Crippen LogP contribution in [0.3, 0.4) is 0 Å². The lowest BCUT2D eigenvalue weighted by Gasteiger charge is -2.19. The Kier molecular flexibility index (Phi) is 4.05. The number of ether oxygens (including phenoxy) is 1. The summed E-state index contributed by atoms with van der Waals surface area (Å²) < 4.78 is 5.58. The number of thiazole rings is 1. The average Bonchev–Trinajstić information content (AvgIpc) is 2.95. The summed E-state index contributed by atoms with van der Waals surface area (Å²) in [6, 6.07) is 0. The van der Waals surface area contributed by atoms with E-state index in [0.717, 1.165) is 37.3 Å². The first kappa shape index (κ1) is 14.0. The predicted octanol–water partition coefficient (Wildman–Crippen LogP) is 1.84. The minimum absolute atomic E-state index is 0.0592. The van der Waals surface area contributed by atoms with Gasteiger partial charge in [-0.3, -0.25) is 4.79 Å². The van der Waals surface area contributed by atoms with E-state index >= 15 is 0 Å². The Bertz CT molecular complexity index is 481. The number of carbonyl (C=O) groups is 1. The zero-order valence-electron chi connectivity index (χ0n) is 11.6. The van der Waals surface area contributed by atoms with Crippen LogP contribution in [0.25, 0.3) is 0 Å². The Labute approximate surface area is 122 Å². The van der Waals surface area contributed by atoms with E-state index in [1.807, 2.05) is 0 Å². The Morgan fingerprint density at radius 1 is 1.60 bits per heavy atom. The lowest BCUT2D eigenvalue weighted by molar-refractivity contribution is 0.0649. The van der Waals surface area contributed by atoms with Crippen molar-refractivity contribution in [2.24, 2.45) is 5.92 Å². The molecule has 0 spiro atoms. The smallest absolute Gasteiger partial charge is 0.265 e. The topological polar surface area (TPSA) is 62.7 Å². The van der Waals surface area contributed by atoms with Crippen LogP contribution in [-0.4, -0.2) is 47.2 Å². The van der Waals surface area contributed by atoms with E-state index < -0.39 is 6.10 Å². The van der Waals surface area contributed by atoms with Gasteiger partial charge < -0.3 is 14.7 Å². The summed E-state index contributed by atoms with van der Waals surface area (Å²) in [5.41, 5.74) is 0. The van der Waals surface area contributed by atoms with Crippen LogP contribution in [0.2, 0.25) is 0 Å². The Hall–Kier alpha value is -0.980. The second kappa shape index (κ2) is 5.79. The maximum Gasteiger partial charge on any atom is 0.265 e. The molecule has 1 saturated heterocycles. The van der Waals surface area contributed by atoms with Gasteiger partial charge in [0.2, 0.25) is 0 Å². The molecule has 2 unspecified atom stereocenters.